The van der Waals surface area contributed by atoms with E-state index in [0.717, 1.165) is 6.07 Å². The van der Waals surface area contributed by atoms with Crippen LogP contribution in [0.2, 0.25) is 0 Å². The Bertz CT molecular complexity index is 503. The number of hydrogen-bond donors (Lipinski definition) is 2. The van der Waals surface area contributed by atoms with Crippen LogP contribution in [0, 0.1) is 11.3 Å². The van der Waals surface area contributed by atoms with Crippen LogP contribution >= 0.6 is 0 Å². The van der Waals surface area contributed by atoms with Gasteiger partial charge in [-0.15, -0.1) is 0 Å². The van der Waals surface area contributed by atoms with Crippen molar-refractivity contribution in [2.24, 2.45) is 5.73 Å². The number of carbonyl (C=O) groups is 1. The maximum atomic E-state index is 12.7. The molecule has 1 amide bonds. The van der Waals surface area contributed by atoms with Gasteiger partial charge in [0.05, 0.1) is 28.9 Å². The minimum absolute atomic E-state index is 0.138. The maximum Gasteiger partial charge on any atom is 0.418 e. The zero-order valence-electron chi connectivity index (χ0n) is 9.38. The third-order valence-corrected chi connectivity index (χ3v) is 2.13. The van der Waals surface area contributed by atoms with Gasteiger partial charge in [0.15, 0.2) is 0 Å². The average molecular weight is 257 g/mol. The summed E-state index contributed by atoms with van der Waals surface area (Å²) in [6.45, 7) is 1.35. The van der Waals surface area contributed by atoms with Crippen LogP contribution in [0.4, 0.5) is 18.9 Å². The fourth-order valence-electron chi connectivity index (χ4n) is 1.20. The number of halogens is 3. The summed E-state index contributed by atoms with van der Waals surface area (Å²) in [6, 6.07) is 3.57. The fourth-order valence-corrected chi connectivity index (χ4v) is 1.20. The number of carbonyl (C=O) groups excluding carboxylic acids is 1. The van der Waals surface area contributed by atoms with Gasteiger partial charge in [0, 0.05) is 0 Å². The van der Waals surface area contributed by atoms with Crippen molar-refractivity contribution in [2.75, 3.05) is 5.32 Å². The summed E-state index contributed by atoms with van der Waals surface area (Å²) in [5, 5.41) is 10.6. The summed E-state index contributed by atoms with van der Waals surface area (Å²) < 4.78 is 38.2. The Hall–Kier alpha value is -2.07. The molecule has 4 nitrogen and oxygen atoms in total. The van der Waals surface area contributed by atoms with Crippen molar-refractivity contribution in [2.45, 2.75) is 19.1 Å². The van der Waals surface area contributed by atoms with E-state index >= 15 is 0 Å². The van der Waals surface area contributed by atoms with Crippen molar-refractivity contribution < 1.29 is 18.0 Å². The molecule has 1 rings (SSSR count). The number of hydrogen-bond acceptors (Lipinski definition) is 3. The molecule has 0 saturated carbocycles. The highest BCUT2D eigenvalue weighted by Gasteiger charge is 2.34. The Balaban J connectivity index is 3.20. The van der Waals surface area contributed by atoms with Gasteiger partial charge in [0.2, 0.25) is 5.91 Å². The molecule has 18 heavy (non-hydrogen) atoms. The first-order valence-electron chi connectivity index (χ1n) is 4.93. The third-order valence-electron chi connectivity index (χ3n) is 2.13. The minimum atomic E-state index is -4.66. The molecule has 0 radical (unpaired) electrons. The molecular weight excluding hydrogens is 247 g/mol. The van der Waals surface area contributed by atoms with Crippen molar-refractivity contribution in [1.82, 2.24) is 0 Å². The predicted molar refractivity (Wildman–Crippen MR) is 58.4 cm³/mol. The van der Waals surface area contributed by atoms with E-state index in [1.54, 1.807) is 6.07 Å². The molecule has 0 heterocycles. The summed E-state index contributed by atoms with van der Waals surface area (Å²) in [7, 11) is 0. The predicted octanol–water partition coefficient (Wildman–Crippen LogP) is 1.86. The number of rotatable bonds is 2. The number of nitrogens with one attached hydrogen (secondary N) is 1. The molecule has 0 aliphatic carbocycles. The van der Waals surface area contributed by atoms with Gasteiger partial charge in [0.25, 0.3) is 0 Å². The van der Waals surface area contributed by atoms with Crippen LogP contribution in [0.25, 0.3) is 0 Å². The van der Waals surface area contributed by atoms with Crippen molar-refractivity contribution in [1.29, 1.82) is 5.26 Å². The van der Waals surface area contributed by atoms with Gasteiger partial charge in [-0.2, -0.15) is 18.4 Å². The second kappa shape index (κ2) is 5.06. The Morgan fingerprint density at radius 3 is 2.56 bits per heavy atom. The van der Waals surface area contributed by atoms with Crippen molar-refractivity contribution in [3.63, 3.8) is 0 Å². The molecule has 0 saturated heterocycles. The zero-order valence-corrected chi connectivity index (χ0v) is 9.38. The van der Waals surface area contributed by atoms with Crippen molar-refractivity contribution in [3.05, 3.63) is 29.3 Å². The normalized spacial score (nSPS) is 12.7. The number of benzene rings is 1. The van der Waals surface area contributed by atoms with E-state index in [1.807, 2.05) is 0 Å². The van der Waals surface area contributed by atoms with Crippen LogP contribution in [0.3, 0.4) is 0 Å². The maximum absolute atomic E-state index is 12.7. The molecule has 0 bridgehead atoms. The van der Waals surface area contributed by atoms with Crippen LogP contribution in [0.5, 0.6) is 0 Å². The molecule has 0 aliphatic heterocycles. The summed E-state index contributed by atoms with van der Waals surface area (Å²) in [6.07, 6.45) is -4.66. The molecule has 1 aromatic rings. The topological polar surface area (TPSA) is 78.9 Å². The highest BCUT2D eigenvalue weighted by Crippen LogP contribution is 2.35. The molecule has 0 aromatic heterocycles. The number of alkyl halides is 3. The number of amides is 1. The molecule has 3 N–H and O–H groups in total. The number of anilines is 1. The molecule has 0 spiro atoms. The highest BCUT2D eigenvalue weighted by molar-refractivity contribution is 5.95. The summed E-state index contributed by atoms with van der Waals surface area (Å²) in [5.41, 5.74) is 3.63. The summed E-state index contributed by atoms with van der Waals surface area (Å²) in [4.78, 5) is 11.3. The molecule has 0 fully saturated rings. The van der Waals surface area contributed by atoms with E-state index < -0.39 is 29.4 Å². The van der Waals surface area contributed by atoms with E-state index in [-0.39, 0.29) is 5.56 Å². The molecule has 0 aliphatic rings. The van der Waals surface area contributed by atoms with E-state index in [4.69, 9.17) is 11.0 Å². The van der Waals surface area contributed by atoms with Gasteiger partial charge in [-0.1, -0.05) is 0 Å². The first kappa shape index (κ1) is 14.0. The second-order valence-electron chi connectivity index (χ2n) is 3.65. The first-order valence-corrected chi connectivity index (χ1v) is 4.93. The van der Waals surface area contributed by atoms with Gasteiger partial charge in [-0.25, -0.2) is 0 Å². The molecule has 7 heteroatoms. The zero-order chi connectivity index (χ0) is 13.9. The Kier molecular flexibility index (Phi) is 3.93. The van der Waals surface area contributed by atoms with Crippen molar-refractivity contribution in [3.8, 4) is 6.07 Å². The van der Waals surface area contributed by atoms with Gasteiger partial charge in [-0.3, -0.25) is 4.79 Å². The summed E-state index contributed by atoms with van der Waals surface area (Å²) in [5.74, 6) is -0.731. The van der Waals surface area contributed by atoms with E-state index in [9.17, 15) is 18.0 Å². The number of nitrogens with zero attached hydrogens (tertiary/aromatic N) is 1. The van der Waals surface area contributed by atoms with Crippen LogP contribution in [-0.4, -0.2) is 11.9 Å². The van der Waals surface area contributed by atoms with Crippen LogP contribution in [0.15, 0.2) is 18.2 Å². The monoisotopic (exact) mass is 257 g/mol. The Labute approximate surface area is 101 Å². The fraction of sp³-hybridized carbons (Fsp3) is 0.273. The third kappa shape index (κ3) is 3.21. The lowest BCUT2D eigenvalue weighted by atomic mass is 10.1. The molecular formula is C11H10F3N3O. The number of nitriles is 1. The Morgan fingerprint density at radius 2 is 2.11 bits per heavy atom. The molecule has 1 aromatic carbocycles. The van der Waals surface area contributed by atoms with Crippen LogP contribution in [-0.2, 0) is 11.0 Å². The SMILES string of the molecule is C[C@H](N)C(=O)Nc1ccc(C#N)cc1C(F)(F)F. The van der Waals surface area contributed by atoms with Crippen molar-refractivity contribution >= 4 is 11.6 Å². The van der Waals surface area contributed by atoms with E-state index in [0.29, 0.717) is 6.07 Å². The van der Waals surface area contributed by atoms with E-state index in [2.05, 4.69) is 5.32 Å². The second-order valence-corrected chi connectivity index (χ2v) is 3.65. The molecule has 1 atom stereocenters. The molecule has 0 unspecified atom stereocenters. The standard InChI is InChI=1S/C11H10F3N3O/c1-6(16)10(18)17-9-3-2-7(5-15)4-8(9)11(12,13)14/h2-4,6H,16H2,1H3,(H,17,18)/t6-/m0/s1. The van der Waals surface area contributed by atoms with Crippen LogP contribution < -0.4 is 11.1 Å². The van der Waals surface area contributed by atoms with Gasteiger partial charge in [0.1, 0.15) is 0 Å². The smallest absolute Gasteiger partial charge is 0.324 e. The van der Waals surface area contributed by atoms with Crippen LogP contribution in [0.1, 0.15) is 18.1 Å². The Morgan fingerprint density at radius 1 is 1.50 bits per heavy atom. The van der Waals surface area contributed by atoms with E-state index in [1.165, 1.54) is 13.0 Å². The quantitative estimate of drug-likeness (QED) is 0.848. The number of nitrogens with two attached hydrogens (primary N) is 1. The lowest BCUT2D eigenvalue weighted by Gasteiger charge is -2.15. The first-order chi connectivity index (χ1) is 8.25. The minimum Gasteiger partial charge on any atom is -0.324 e. The average Bonchev–Trinajstić information content (AvgIpc) is 2.27. The van der Waals surface area contributed by atoms with Gasteiger partial charge in [-0.05, 0) is 25.1 Å². The lowest BCUT2D eigenvalue weighted by Crippen LogP contribution is -2.33. The van der Waals surface area contributed by atoms with Gasteiger partial charge < -0.3 is 11.1 Å². The summed E-state index contributed by atoms with van der Waals surface area (Å²) >= 11 is 0. The molecule has 96 valence electrons. The lowest BCUT2D eigenvalue weighted by molar-refractivity contribution is -0.137. The van der Waals surface area contributed by atoms with Gasteiger partial charge >= 0.3 is 6.18 Å². The largest absolute Gasteiger partial charge is 0.418 e. The highest BCUT2D eigenvalue weighted by atomic mass is 19.4.